The van der Waals surface area contributed by atoms with Crippen LogP contribution in [0, 0.1) is 0 Å². The van der Waals surface area contributed by atoms with Crippen LogP contribution in [0.25, 0.3) is 5.82 Å². The third-order valence-corrected chi connectivity index (χ3v) is 5.56. The average molecular weight is 428 g/mol. The summed E-state index contributed by atoms with van der Waals surface area (Å²) in [4.78, 5) is 17.1. The number of carbonyl (C=O) groups excluding carboxylic acids is 1. The summed E-state index contributed by atoms with van der Waals surface area (Å²) in [6, 6.07) is 10.2. The van der Waals surface area contributed by atoms with E-state index in [1.807, 2.05) is 32.0 Å². The third-order valence-electron chi connectivity index (χ3n) is 5.56. The molecule has 1 N–H and O–H groups in total. The largest absolute Gasteiger partial charge is 0.417 e. The first kappa shape index (κ1) is 21.1. The van der Waals surface area contributed by atoms with Crippen LogP contribution in [0.2, 0.25) is 0 Å². The lowest BCUT2D eigenvalue weighted by Gasteiger charge is -2.26. The van der Waals surface area contributed by atoms with Crippen LogP contribution in [0.5, 0.6) is 0 Å². The molecule has 0 radical (unpaired) electrons. The molecule has 1 atom stereocenters. The van der Waals surface area contributed by atoms with Gasteiger partial charge in [-0.2, -0.15) is 18.3 Å². The van der Waals surface area contributed by atoms with Gasteiger partial charge in [0, 0.05) is 6.20 Å². The van der Waals surface area contributed by atoms with Crippen molar-refractivity contribution in [2.45, 2.75) is 51.2 Å². The number of benzene rings is 1. The van der Waals surface area contributed by atoms with Crippen LogP contribution in [0.4, 0.5) is 13.2 Å². The van der Waals surface area contributed by atoms with E-state index in [2.05, 4.69) is 21.5 Å². The fourth-order valence-electron chi connectivity index (χ4n) is 4.09. The van der Waals surface area contributed by atoms with Gasteiger partial charge in [0.1, 0.15) is 0 Å². The van der Waals surface area contributed by atoms with Gasteiger partial charge >= 0.3 is 6.18 Å². The first-order valence-electron chi connectivity index (χ1n) is 10.3. The molecule has 0 aliphatic heterocycles. The van der Waals surface area contributed by atoms with E-state index in [9.17, 15) is 18.0 Å². The number of hydrogen-bond acceptors (Lipinski definition) is 3. The smallest absolute Gasteiger partial charge is 0.345 e. The molecule has 0 saturated carbocycles. The Kier molecular flexibility index (Phi) is 5.56. The van der Waals surface area contributed by atoms with Crippen LogP contribution in [-0.4, -0.2) is 20.7 Å². The van der Waals surface area contributed by atoms with Gasteiger partial charge in [0.25, 0.3) is 5.91 Å². The number of hydrogen-bond donors (Lipinski definition) is 1. The number of nitrogens with one attached hydrogen (secondary N) is 1. The monoisotopic (exact) mass is 428 g/mol. The van der Waals surface area contributed by atoms with Gasteiger partial charge in [0.2, 0.25) is 0 Å². The molecule has 1 amide bonds. The molecule has 8 heteroatoms. The van der Waals surface area contributed by atoms with Gasteiger partial charge < -0.3 is 5.32 Å². The van der Waals surface area contributed by atoms with E-state index in [1.54, 1.807) is 0 Å². The molecule has 0 saturated heterocycles. The Morgan fingerprint density at radius 3 is 2.61 bits per heavy atom. The Bertz CT molecular complexity index is 1090. The van der Waals surface area contributed by atoms with Crippen molar-refractivity contribution in [3.63, 3.8) is 0 Å². The van der Waals surface area contributed by atoms with E-state index in [-0.39, 0.29) is 23.7 Å². The molecule has 1 aromatic carbocycles. The minimum absolute atomic E-state index is 0.0787. The summed E-state index contributed by atoms with van der Waals surface area (Å²) < 4.78 is 40.0. The lowest BCUT2D eigenvalue weighted by Crippen LogP contribution is -2.31. The molecule has 2 aromatic heterocycles. The maximum absolute atomic E-state index is 13.1. The second-order valence-electron chi connectivity index (χ2n) is 8.03. The molecule has 1 aliphatic carbocycles. The molecular formula is C23H23F3N4O. The summed E-state index contributed by atoms with van der Waals surface area (Å²) in [6.45, 7) is 3.81. The predicted molar refractivity (Wildman–Crippen MR) is 110 cm³/mol. The molecule has 0 spiro atoms. The molecular weight excluding hydrogens is 405 g/mol. The number of fused-ring (bicyclic) bond motifs is 1. The van der Waals surface area contributed by atoms with E-state index in [0.29, 0.717) is 11.3 Å². The summed E-state index contributed by atoms with van der Waals surface area (Å²) >= 11 is 0. The van der Waals surface area contributed by atoms with Gasteiger partial charge in [-0.3, -0.25) is 4.79 Å². The molecule has 0 fully saturated rings. The lowest BCUT2D eigenvalue weighted by molar-refractivity contribution is -0.137. The molecule has 5 nitrogen and oxygen atoms in total. The highest BCUT2D eigenvalue weighted by atomic mass is 19.4. The van der Waals surface area contributed by atoms with E-state index in [4.69, 9.17) is 0 Å². The normalized spacial score (nSPS) is 16.3. The van der Waals surface area contributed by atoms with Crippen molar-refractivity contribution in [2.24, 2.45) is 0 Å². The highest BCUT2D eigenvalue weighted by Crippen LogP contribution is 2.31. The molecule has 1 unspecified atom stereocenters. The summed E-state index contributed by atoms with van der Waals surface area (Å²) in [5, 5.41) is 7.39. The molecule has 3 aromatic rings. The van der Waals surface area contributed by atoms with Crippen molar-refractivity contribution in [1.29, 1.82) is 0 Å². The van der Waals surface area contributed by atoms with Crippen LogP contribution >= 0.6 is 0 Å². The summed E-state index contributed by atoms with van der Waals surface area (Å²) in [6.07, 6.45) is 0.621. The van der Waals surface area contributed by atoms with Crippen LogP contribution in [-0.2, 0) is 12.6 Å². The number of nitrogens with zero attached hydrogens (tertiary/aromatic N) is 3. The van der Waals surface area contributed by atoms with Crippen LogP contribution < -0.4 is 5.32 Å². The zero-order valence-electron chi connectivity index (χ0n) is 17.3. The van der Waals surface area contributed by atoms with Crippen molar-refractivity contribution in [3.8, 4) is 5.82 Å². The minimum atomic E-state index is -4.46. The number of aromatic nitrogens is 3. The third kappa shape index (κ3) is 4.19. The predicted octanol–water partition coefficient (Wildman–Crippen LogP) is 5.22. The van der Waals surface area contributed by atoms with Crippen LogP contribution in [0.3, 0.4) is 0 Å². The van der Waals surface area contributed by atoms with Crippen molar-refractivity contribution in [1.82, 2.24) is 20.1 Å². The van der Waals surface area contributed by atoms with Crippen molar-refractivity contribution in [3.05, 3.63) is 76.7 Å². The van der Waals surface area contributed by atoms with E-state index in [0.717, 1.165) is 37.1 Å². The van der Waals surface area contributed by atoms with Gasteiger partial charge in [0.15, 0.2) is 5.82 Å². The second kappa shape index (κ2) is 8.17. The van der Waals surface area contributed by atoms with Crippen molar-refractivity contribution in [2.75, 3.05) is 0 Å². The molecule has 2 heterocycles. The first-order valence-corrected chi connectivity index (χ1v) is 10.3. The Balaban J connectivity index is 1.63. The minimum Gasteiger partial charge on any atom is -0.345 e. The maximum Gasteiger partial charge on any atom is 0.417 e. The van der Waals surface area contributed by atoms with Gasteiger partial charge in [-0.05, 0) is 48.4 Å². The fraction of sp³-hybridized carbons (Fsp3) is 0.348. The van der Waals surface area contributed by atoms with Crippen LogP contribution in [0.15, 0.2) is 48.8 Å². The van der Waals surface area contributed by atoms with Gasteiger partial charge in [0.05, 0.1) is 29.1 Å². The number of carbonyl (C=O) groups is 1. The number of alkyl halides is 3. The zero-order valence-corrected chi connectivity index (χ0v) is 17.3. The van der Waals surface area contributed by atoms with Crippen molar-refractivity contribution < 1.29 is 18.0 Å². The first-order chi connectivity index (χ1) is 14.8. The van der Waals surface area contributed by atoms with Gasteiger partial charge in [-0.1, -0.05) is 38.1 Å². The quantitative estimate of drug-likeness (QED) is 0.620. The lowest BCUT2D eigenvalue weighted by atomic mass is 9.87. The Hall–Kier alpha value is -3.16. The average Bonchev–Trinajstić information content (AvgIpc) is 3.19. The van der Waals surface area contributed by atoms with Gasteiger partial charge in [-0.15, -0.1) is 0 Å². The highest BCUT2D eigenvalue weighted by Gasteiger charge is 2.31. The highest BCUT2D eigenvalue weighted by molar-refractivity contribution is 5.95. The molecule has 0 bridgehead atoms. The standard InChI is InChI=1S/C23H23F3N4O/c1-14(2)21-18(13-28-30(21)20-11-10-16(12-27-20)23(24,25)26)22(31)29-19-9-5-7-15-6-3-4-8-17(15)19/h3-4,6,8,10-14,19H,5,7,9H2,1-2H3,(H,29,31). The summed E-state index contributed by atoms with van der Waals surface area (Å²) in [7, 11) is 0. The van der Waals surface area contributed by atoms with E-state index >= 15 is 0 Å². The number of halogens is 3. The number of rotatable bonds is 4. The SMILES string of the molecule is CC(C)c1c(C(=O)NC2CCCc3ccccc32)cnn1-c1ccc(C(F)(F)F)cn1. The number of amides is 1. The molecule has 4 rings (SSSR count). The summed E-state index contributed by atoms with van der Waals surface area (Å²) in [5.74, 6) is -0.103. The molecule has 162 valence electrons. The maximum atomic E-state index is 13.1. The second-order valence-corrected chi connectivity index (χ2v) is 8.03. The zero-order chi connectivity index (χ0) is 22.2. The fourth-order valence-corrected chi connectivity index (χ4v) is 4.09. The number of aryl methyl sites for hydroxylation is 1. The van der Waals surface area contributed by atoms with Crippen molar-refractivity contribution >= 4 is 5.91 Å². The Morgan fingerprint density at radius 1 is 1.16 bits per heavy atom. The van der Waals surface area contributed by atoms with E-state index < -0.39 is 11.7 Å². The number of pyridine rings is 1. The Labute approximate surface area is 178 Å². The topological polar surface area (TPSA) is 59.8 Å². The Morgan fingerprint density at radius 2 is 1.94 bits per heavy atom. The molecule has 31 heavy (non-hydrogen) atoms. The molecule has 1 aliphatic rings. The van der Waals surface area contributed by atoms with Gasteiger partial charge in [-0.25, -0.2) is 9.67 Å². The summed E-state index contributed by atoms with van der Waals surface area (Å²) in [5.41, 5.74) is 2.55. The van der Waals surface area contributed by atoms with E-state index in [1.165, 1.54) is 22.5 Å². The van der Waals surface area contributed by atoms with Crippen LogP contribution in [0.1, 0.15) is 71.4 Å².